The summed E-state index contributed by atoms with van der Waals surface area (Å²) in [6.07, 6.45) is -0.151. The summed E-state index contributed by atoms with van der Waals surface area (Å²) >= 11 is 6.21. The minimum atomic E-state index is -0.657. The third-order valence-corrected chi connectivity index (χ3v) is 3.29. The summed E-state index contributed by atoms with van der Waals surface area (Å²) in [6.45, 7) is 1.83. The average Bonchev–Trinajstić information content (AvgIpc) is 2.46. The predicted molar refractivity (Wildman–Crippen MR) is 80.8 cm³/mol. The standard InChI is InChI=1S/C16H16ClNO2/c1-2-14(16(18)19)20-15-9-8-12(10-13(15)17)11-6-4-3-5-7-11/h3-10,14H,2H2,1H3,(H2,18,19). The molecule has 2 rings (SSSR count). The van der Waals surface area contributed by atoms with Crippen LogP contribution in [0.2, 0.25) is 5.02 Å². The molecule has 0 radical (unpaired) electrons. The summed E-state index contributed by atoms with van der Waals surface area (Å²) in [5.74, 6) is -0.0206. The molecular weight excluding hydrogens is 274 g/mol. The van der Waals surface area contributed by atoms with Gasteiger partial charge in [0.05, 0.1) is 5.02 Å². The van der Waals surface area contributed by atoms with Crippen molar-refractivity contribution in [3.63, 3.8) is 0 Å². The van der Waals surface area contributed by atoms with E-state index in [1.807, 2.05) is 49.4 Å². The van der Waals surface area contributed by atoms with Gasteiger partial charge in [-0.1, -0.05) is 54.9 Å². The first-order valence-electron chi connectivity index (χ1n) is 6.42. The lowest BCUT2D eigenvalue weighted by atomic mass is 10.1. The number of hydrogen-bond donors (Lipinski definition) is 1. The Labute approximate surface area is 123 Å². The van der Waals surface area contributed by atoms with E-state index in [9.17, 15) is 4.79 Å². The first kappa shape index (κ1) is 14.4. The zero-order valence-electron chi connectivity index (χ0n) is 11.2. The number of nitrogens with two attached hydrogens (primary N) is 1. The van der Waals surface area contributed by atoms with E-state index >= 15 is 0 Å². The molecule has 2 aromatic carbocycles. The van der Waals surface area contributed by atoms with E-state index in [1.54, 1.807) is 6.07 Å². The van der Waals surface area contributed by atoms with Crippen LogP contribution in [0.3, 0.4) is 0 Å². The number of rotatable bonds is 5. The number of amides is 1. The first-order chi connectivity index (χ1) is 9.61. The summed E-state index contributed by atoms with van der Waals surface area (Å²) < 4.78 is 5.54. The van der Waals surface area contributed by atoms with Crippen molar-refractivity contribution in [2.45, 2.75) is 19.4 Å². The monoisotopic (exact) mass is 289 g/mol. The molecule has 0 aliphatic rings. The van der Waals surface area contributed by atoms with Crippen molar-refractivity contribution in [2.24, 2.45) is 5.73 Å². The van der Waals surface area contributed by atoms with Gasteiger partial charge in [0.25, 0.3) is 5.91 Å². The van der Waals surface area contributed by atoms with Gasteiger partial charge in [-0.2, -0.15) is 0 Å². The third-order valence-electron chi connectivity index (χ3n) is 3.00. The summed E-state index contributed by atoms with van der Waals surface area (Å²) in [7, 11) is 0. The van der Waals surface area contributed by atoms with Gasteiger partial charge in [0.15, 0.2) is 6.10 Å². The smallest absolute Gasteiger partial charge is 0.258 e. The van der Waals surface area contributed by atoms with Crippen LogP contribution in [0.5, 0.6) is 5.75 Å². The molecule has 0 heterocycles. The normalized spacial score (nSPS) is 11.9. The van der Waals surface area contributed by atoms with E-state index in [4.69, 9.17) is 22.1 Å². The minimum Gasteiger partial charge on any atom is -0.479 e. The maximum Gasteiger partial charge on any atom is 0.258 e. The lowest BCUT2D eigenvalue weighted by Crippen LogP contribution is -2.33. The fourth-order valence-corrected chi connectivity index (χ4v) is 2.13. The van der Waals surface area contributed by atoms with Crippen molar-refractivity contribution in [3.8, 4) is 16.9 Å². The predicted octanol–water partition coefficient (Wildman–Crippen LogP) is 3.65. The number of primary amides is 1. The lowest BCUT2D eigenvalue weighted by Gasteiger charge is -2.15. The van der Waals surface area contributed by atoms with Gasteiger partial charge < -0.3 is 10.5 Å². The zero-order chi connectivity index (χ0) is 14.5. The Morgan fingerprint density at radius 2 is 1.90 bits per heavy atom. The first-order valence-corrected chi connectivity index (χ1v) is 6.80. The van der Waals surface area contributed by atoms with E-state index in [0.29, 0.717) is 17.2 Å². The Kier molecular flexibility index (Phi) is 4.64. The van der Waals surface area contributed by atoms with Crippen LogP contribution in [0.4, 0.5) is 0 Å². The summed E-state index contributed by atoms with van der Waals surface area (Å²) in [6, 6.07) is 15.4. The maximum atomic E-state index is 11.2. The van der Waals surface area contributed by atoms with Gasteiger partial charge in [-0.05, 0) is 29.7 Å². The van der Waals surface area contributed by atoms with Gasteiger partial charge in [0.2, 0.25) is 0 Å². The molecule has 2 aromatic rings. The van der Waals surface area contributed by atoms with E-state index in [1.165, 1.54) is 0 Å². The van der Waals surface area contributed by atoms with Crippen LogP contribution >= 0.6 is 11.6 Å². The molecule has 1 unspecified atom stereocenters. The average molecular weight is 290 g/mol. The molecular formula is C16H16ClNO2. The second-order valence-corrected chi connectivity index (χ2v) is 4.84. The highest BCUT2D eigenvalue weighted by Crippen LogP contribution is 2.31. The topological polar surface area (TPSA) is 52.3 Å². The van der Waals surface area contributed by atoms with Crippen LogP contribution in [-0.4, -0.2) is 12.0 Å². The summed E-state index contributed by atoms with van der Waals surface area (Å²) in [5.41, 5.74) is 7.33. The number of benzene rings is 2. The largest absolute Gasteiger partial charge is 0.479 e. The molecule has 0 fully saturated rings. The van der Waals surface area contributed by atoms with Gasteiger partial charge in [0.1, 0.15) is 5.75 Å². The van der Waals surface area contributed by atoms with Crippen molar-refractivity contribution in [3.05, 3.63) is 53.6 Å². The quantitative estimate of drug-likeness (QED) is 0.913. The van der Waals surface area contributed by atoms with Gasteiger partial charge >= 0.3 is 0 Å². The molecule has 2 N–H and O–H groups in total. The molecule has 0 aromatic heterocycles. The van der Waals surface area contributed by atoms with Gasteiger partial charge in [0, 0.05) is 0 Å². The molecule has 3 nitrogen and oxygen atoms in total. The molecule has 0 spiro atoms. The Balaban J connectivity index is 2.24. The van der Waals surface area contributed by atoms with Crippen LogP contribution < -0.4 is 10.5 Å². The van der Waals surface area contributed by atoms with Gasteiger partial charge in [-0.15, -0.1) is 0 Å². The SMILES string of the molecule is CCC(Oc1ccc(-c2ccccc2)cc1Cl)C(N)=O. The third kappa shape index (κ3) is 3.31. The number of carbonyl (C=O) groups excluding carboxylic acids is 1. The number of ether oxygens (including phenoxy) is 1. The molecule has 0 aliphatic heterocycles. The number of carbonyl (C=O) groups is 1. The van der Waals surface area contributed by atoms with Crippen LogP contribution in [0.1, 0.15) is 13.3 Å². The highest BCUT2D eigenvalue weighted by molar-refractivity contribution is 6.32. The Morgan fingerprint density at radius 1 is 1.20 bits per heavy atom. The maximum absolute atomic E-state index is 11.2. The second-order valence-electron chi connectivity index (χ2n) is 4.43. The Morgan fingerprint density at radius 3 is 2.45 bits per heavy atom. The van der Waals surface area contributed by atoms with Crippen molar-refractivity contribution in [2.75, 3.05) is 0 Å². The molecule has 1 amide bonds. The van der Waals surface area contributed by atoms with E-state index < -0.39 is 12.0 Å². The molecule has 4 heteroatoms. The molecule has 1 atom stereocenters. The van der Waals surface area contributed by atoms with E-state index in [0.717, 1.165) is 11.1 Å². The van der Waals surface area contributed by atoms with Crippen LogP contribution in [0.15, 0.2) is 48.5 Å². The van der Waals surface area contributed by atoms with E-state index in [2.05, 4.69) is 0 Å². The molecule has 104 valence electrons. The molecule has 0 saturated carbocycles. The van der Waals surface area contributed by atoms with Crippen LogP contribution in [0.25, 0.3) is 11.1 Å². The van der Waals surface area contributed by atoms with Crippen molar-refractivity contribution < 1.29 is 9.53 Å². The molecule has 0 bridgehead atoms. The van der Waals surface area contributed by atoms with Crippen LogP contribution in [-0.2, 0) is 4.79 Å². The molecule has 20 heavy (non-hydrogen) atoms. The fraction of sp³-hybridized carbons (Fsp3) is 0.188. The second kappa shape index (κ2) is 6.44. The Bertz CT molecular complexity index is 599. The summed E-state index contributed by atoms with van der Waals surface area (Å²) in [4.78, 5) is 11.2. The highest BCUT2D eigenvalue weighted by atomic mass is 35.5. The number of halogens is 1. The highest BCUT2D eigenvalue weighted by Gasteiger charge is 2.16. The van der Waals surface area contributed by atoms with Crippen molar-refractivity contribution in [1.29, 1.82) is 0 Å². The van der Waals surface area contributed by atoms with Gasteiger partial charge in [-0.3, -0.25) is 4.79 Å². The van der Waals surface area contributed by atoms with E-state index in [-0.39, 0.29) is 0 Å². The number of hydrogen-bond acceptors (Lipinski definition) is 2. The molecule has 0 aliphatic carbocycles. The summed E-state index contributed by atoms with van der Waals surface area (Å²) in [5, 5.41) is 0.464. The van der Waals surface area contributed by atoms with Gasteiger partial charge in [-0.25, -0.2) is 0 Å². The van der Waals surface area contributed by atoms with Crippen LogP contribution in [0, 0.1) is 0 Å². The zero-order valence-corrected chi connectivity index (χ0v) is 11.9. The minimum absolute atomic E-state index is 0.464. The molecule has 0 saturated heterocycles. The fourth-order valence-electron chi connectivity index (χ4n) is 1.90. The van der Waals surface area contributed by atoms with Crippen molar-refractivity contribution in [1.82, 2.24) is 0 Å². The Hall–Kier alpha value is -2.00. The lowest BCUT2D eigenvalue weighted by molar-refractivity contribution is -0.124. The van der Waals surface area contributed by atoms with Crippen molar-refractivity contribution >= 4 is 17.5 Å².